The maximum absolute atomic E-state index is 12.1. The predicted octanol–water partition coefficient (Wildman–Crippen LogP) is 3.08. The first-order valence-corrected chi connectivity index (χ1v) is 7.87. The number of carbonyl (C=O) groups excluding carboxylic acids is 1. The van der Waals surface area contributed by atoms with Gasteiger partial charge in [-0.05, 0) is 43.4 Å². The number of likely N-dealkylation sites (N-methyl/N-ethyl adjacent to an activating group) is 1. The number of rotatable bonds is 5. The maximum atomic E-state index is 12.1. The minimum Gasteiger partial charge on any atom is -0.352 e. The first-order valence-electron chi connectivity index (χ1n) is 7.87. The summed E-state index contributed by atoms with van der Waals surface area (Å²) in [6.45, 7) is 9.43. The third kappa shape index (κ3) is 4.57. The van der Waals surface area contributed by atoms with E-state index in [-0.39, 0.29) is 17.4 Å². The Morgan fingerprint density at radius 3 is 2.33 bits per heavy atom. The largest absolute Gasteiger partial charge is 0.352 e. The number of hydrogen-bond acceptors (Lipinski definition) is 2. The molecular weight excluding hydrogens is 260 g/mol. The van der Waals surface area contributed by atoms with Crippen molar-refractivity contribution in [1.82, 2.24) is 10.2 Å². The number of benzene rings is 1. The van der Waals surface area contributed by atoms with Gasteiger partial charge in [0, 0.05) is 12.6 Å². The summed E-state index contributed by atoms with van der Waals surface area (Å²) < 4.78 is 0. The highest BCUT2D eigenvalue weighted by Crippen LogP contribution is 2.23. The summed E-state index contributed by atoms with van der Waals surface area (Å²) in [6.07, 6.45) is 2.27. The molecule has 0 heterocycles. The number of nitrogens with one attached hydrogen (secondary N) is 1. The van der Waals surface area contributed by atoms with Gasteiger partial charge in [0.2, 0.25) is 5.91 Å². The molecule has 1 amide bonds. The van der Waals surface area contributed by atoms with Crippen LogP contribution < -0.4 is 5.32 Å². The van der Waals surface area contributed by atoms with Crippen molar-refractivity contribution in [2.75, 3.05) is 7.05 Å². The normalized spacial score (nSPS) is 16.9. The lowest BCUT2D eigenvalue weighted by molar-refractivity contribution is -0.125. The first kappa shape index (κ1) is 16.0. The van der Waals surface area contributed by atoms with Crippen molar-refractivity contribution in [3.63, 3.8) is 0 Å². The molecule has 0 unspecified atom stereocenters. The Hall–Kier alpha value is -1.35. The predicted molar refractivity (Wildman–Crippen MR) is 87.2 cm³/mol. The van der Waals surface area contributed by atoms with Crippen LogP contribution >= 0.6 is 0 Å². The summed E-state index contributed by atoms with van der Waals surface area (Å²) in [5.41, 5.74) is 2.77. The van der Waals surface area contributed by atoms with E-state index in [1.165, 1.54) is 11.1 Å². The molecule has 0 radical (unpaired) electrons. The average Bonchev–Trinajstić information content (AvgIpc) is 3.21. The fourth-order valence-corrected chi connectivity index (χ4v) is 2.28. The monoisotopic (exact) mass is 288 g/mol. The minimum absolute atomic E-state index is 0.0899. The Balaban J connectivity index is 1.92. The van der Waals surface area contributed by atoms with Crippen LogP contribution in [0.15, 0.2) is 24.3 Å². The van der Waals surface area contributed by atoms with Crippen molar-refractivity contribution in [3.05, 3.63) is 35.4 Å². The molecule has 0 spiro atoms. The molecular formula is C18H28N2O. The van der Waals surface area contributed by atoms with Crippen LogP contribution in [-0.2, 0) is 16.8 Å². The Kier molecular flexibility index (Phi) is 4.72. The highest BCUT2D eigenvalue weighted by atomic mass is 16.2. The molecule has 1 aliphatic carbocycles. The maximum Gasteiger partial charge on any atom is 0.237 e. The first-order chi connectivity index (χ1) is 9.77. The molecule has 1 aromatic carbocycles. The van der Waals surface area contributed by atoms with Gasteiger partial charge in [-0.15, -0.1) is 0 Å². The van der Waals surface area contributed by atoms with Crippen LogP contribution in [0.25, 0.3) is 0 Å². The van der Waals surface area contributed by atoms with Crippen molar-refractivity contribution >= 4 is 5.91 Å². The molecule has 1 saturated carbocycles. The topological polar surface area (TPSA) is 32.3 Å². The average molecular weight is 288 g/mol. The summed E-state index contributed by atoms with van der Waals surface area (Å²) >= 11 is 0. The summed E-state index contributed by atoms with van der Waals surface area (Å²) in [7, 11) is 2.01. The molecule has 3 nitrogen and oxygen atoms in total. The molecule has 1 N–H and O–H groups in total. The van der Waals surface area contributed by atoms with Gasteiger partial charge in [-0.2, -0.15) is 0 Å². The summed E-state index contributed by atoms with van der Waals surface area (Å²) in [6, 6.07) is 9.06. The van der Waals surface area contributed by atoms with Crippen molar-refractivity contribution in [2.45, 2.75) is 64.6 Å². The van der Waals surface area contributed by atoms with Crippen molar-refractivity contribution < 1.29 is 4.79 Å². The smallest absolute Gasteiger partial charge is 0.237 e. The zero-order valence-corrected chi connectivity index (χ0v) is 13.9. The lowest BCUT2D eigenvalue weighted by Gasteiger charge is -2.24. The van der Waals surface area contributed by atoms with E-state index in [1.54, 1.807) is 0 Å². The number of nitrogens with zero attached hydrogens (tertiary/aromatic N) is 1. The molecule has 1 fully saturated rings. The van der Waals surface area contributed by atoms with Crippen LogP contribution in [0.3, 0.4) is 0 Å². The van der Waals surface area contributed by atoms with Crippen molar-refractivity contribution in [3.8, 4) is 0 Å². The Bertz CT molecular complexity index is 483. The highest BCUT2D eigenvalue weighted by molar-refractivity contribution is 5.81. The minimum atomic E-state index is -0.0899. The fraction of sp³-hybridized carbons (Fsp3) is 0.611. The quantitative estimate of drug-likeness (QED) is 0.903. The van der Waals surface area contributed by atoms with Crippen LogP contribution in [-0.4, -0.2) is 29.9 Å². The van der Waals surface area contributed by atoms with Gasteiger partial charge >= 0.3 is 0 Å². The molecule has 1 atom stereocenters. The van der Waals surface area contributed by atoms with E-state index in [4.69, 9.17) is 0 Å². The third-order valence-electron chi connectivity index (χ3n) is 4.22. The summed E-state index contributed by atoms with van der Waals surface area (Å²) in [5.74, 6) is 0.145. The Labute approximate surface area is 128 Å². The molecule has 116 valence electrons. The van der Waals surface area contributed by atoms with Gasteiger partial charge in [0.25, 0.3) is 0 Å². The number of carbonyl (C=O) groups is 1. The number of hydrogen-bond donors (Lipinski definition) is 1. The molecule has 0 bridgehead atoms. The van der Waals surface area contributed by atoms with Gasteiger partial charge in [0.05, 0.1) is 6.04 Å². The van der Waals surface area contributed by atoms with E-state index in [9.17, 15) is 4.79 Å². The van der Waals surface area contributed by atoms with Crippen LogP contribution in [0.4, 0.5) is 0 Å². The van der Waals surface area contributed by atoms with E-state index in [2.05, 4.69) is 55.3 Å². The van der Waals surface area contributed by atoms with Crippen molar-refractivity contribution in [1.29, 1.82) is 0 Å². The molecule has 3 heteroatoms. The molecule has 2 rings (SSSR count). The van der Waals surface area contributed by atoms with Gasteiger partial charge in [0.15, 0.2) is 0 Å². The van der Waals surface area contributed by atoms with Crippen molar-refractivity contribution in [2.24, 2.45) is 0 Å². The summed E-state index contributed by atoms with van der Waals surface area (Å²) in [4.78, 5) is 14.2. The second-order valence-electron chi connectivity index (χ2n) is 7.32. The van der Waals surface area contributed by atoms with E-state index in [0.717, 1.165) is 19.4 Å². The zero-order valence-electron chi connectivity index (χ0n) is 13.9. The van der Waals surface area contributed by atoms with E-state index >= 15 is 0 Å². The van der Waals surface area contributed by atoms with Gasteiger partial charge in [0.1, 0.15) is 0 Å². The van der Waals surface area contributed by atoms with Crippen LogP contribution in [0.5, 0.6) is 0 Å². The summed E-state index contributed by atoms with van der Waals surface area (Å²) in [5, 5.41) is 3.07. The van der Waals surface area contributed by atoms with Gasteiger partial charge < -0.3 is 5.32 Å². The molecule has 21 heavy (non-hydrogen) atoms. The Morgan fingerprint density at radius 1 is 1.29 bits per heavy atom. The van der Waals surface area contributed by atoms with Gasteiger partial charge in [-0.1, -0.05) is 45.0 Å². The second kappa shape index (κ2) is 6.18. The molecule has 0 aromatic heterocycles. The van der Waals surface area contributed by atoms with E-state index in [1.807, 2.05) is 14.0 Å². The zero-order chi connectivity index (χ0) is 15.6. The Morgan fingerprint density at radius 2 is 1.86 bits per heavy atom. The van der Waals surface area contributed by atoms with Gasteiger partial charge in [-0.3, -0.25) is 9.69 Å². The van der Waals surface area contributed by atoms with Crippen LogP contribution in [0, 0.1) is 0 Å². The highest BCUT2D eigenvalue weighted by Gasteiger charge is 2.27. The van der Waals surface area contributed by atoms with E-state index in [0.29, 0.717) is 6.04 Å². The van der Waals surface area contributed by atoms with Gasteiger partial charge in [-0.25, -0.2) is 0 Å². The second-order valence-corrected chi connectivity index (χ2v) is 7.32. The molecule has 1 aliphatic rings. The van der Waals surface area contributed by atoms with E-state index < -0.39 is 0 Å². The molecule has 0 saturated heterocycles. The SMILES string of the molecule is C[C@H](C(=O)NC1CC1)N(C)Cc1ccc(C(C)(C)C)cc1. The lowest BCUT2D eigenvalue weighted by atomic mass is 9.87. The fourth-order valence-electron chi connectivity index (χ4n) is 2.28. The standard InChI is InChI=1S/C18H28N2O/c1-13(17(21)19-16-10-11-16)20(5)12-14-6-8-15(9-7-14)18(2,3)4/h6-9,13,16H,10-12H2,1-5H3,(H,19,21)/t13-/m1/s1. The molecule has 1 aromatic rings. The van der Waals surface area contributed by atoms with Crippen LogP contribution in [0.2, 0.25) is 0 Å². The lowest BCUT2D eigenvalue weighted by Crippen LogP contribution is -2.43. The number of amides is 1. The third-order valence-corrected chi connectivity index (χ3v) is 4.22. The van der Waals surface area contributed by atoms with Crippen LogP contribution in [0.1, 0.15) is 51.7 Å². The molecule has 0 aliphatic heterocycles.